The predicted octanol–water partition coefficient (Wildman–Crippen LogP) is 4.78. The van der Waals surface area contributed by atoms with Crippen molar-refractivity contribution in [2.75, 3.05) is 6.54 Å². The Kier molecular flexibility index (Phi) is 7.75. The van der Waals surface area contributed by atoms with Crippen molar-refractivity contribution in [3.63, 3.8) is 0 Å². The number of nitrogens with one attached hydrogen (secondary N) is 1. The monoisotopic (exact) mass is 544 g/mol. The van der Waals surface area contributed by atoms with Gasteiger partial charge in [0.15, 0.2) is 5.78 Å². The highest BCUT2D eigenvalue weighted by molar-refractivity contribution is 6.07. The minimum Gasteiger partial charge on any atom is -0.354 e. The first kappa shape index (κ1) is 27.9. The Hall–Kier alpha value is -3.62. The molecule has 3 heterocycles. The van der Waals surface area contributed by atoms with Crippen molar-refractivity contribution in [3.8, 4) is 11.1 Å². The Morgan fingerprint density at radius 3 is 2.45 bits per heavy atom. The van der Waals surface area contributed by atoms with Crippen molar-refractivity contribution in [2.45, 2.75) is 98.2 Å². The van der Waals surface area contributed by atoms with E-state index in [2.05, 4.69) is 34.2 Å². The Bertz CT molecular complexity index is 1450. The molecule has 1 saturated carbocycles. The zero-order chi connectivity index (χ0) is 28.6. The fraction of sp³-hybridized carbons (Fsp3) is 0.548. The van der Waals surface area contributed by atoms with Crippen LogP contribution >= 0.6 is 0 Å². The number of aromatic nitrogens is 4. The predicted molar refractivity (Wildman–Crippen MR) is 154 cm³/mol. The number of nitrogens with zero attached hydrogens (tertiary/aromatic N) is 5. The van der Waals surface area contributed by atoms with Gasteiger partial charge < -0.3 is 10.2 Å². The van der Waals surface area contributed by atoms with E-state index in [1.807, 2.05) is 26.0 Å². The van der Waals surface area contributed by atoms with Crippen LogP contribution in [0.3, 0.4) is 0 Å². The van der Waals surface area contributed by atoms with E-state index in [1.54, 1.807) is 22.0 Å². The average Bonchev–Trinajstić information content (AvgIpc) is 3.27. The molecule has 3 atom stereocenters. The second-order valence-electron chi connectivity index (χ2n) is 11.9. The molecule has 1 aromatic carbocycles. The molecule has 1 saturated heterocycles. The van der Waals surface area contributed by atoms with Gasteiger partial charge in [0.05, 0.1) is 5.52 Å². The molecule has 0 spiro atoms. The molecule has 2 amide bonds. The number of carbonyl (C=O) groups is 3. The van der Waals surface area contributed by atoms with Crippen molar-refractivity contribution < 1.29 is 14.4 Å². The third kappa shape index (κ3) is 5.38. The molecule has 2 aromatic heterocycles. The van der Waals surface area contributed by atoms with Gasteiger partial charge in [-0.15, -0.1) is 0 Å². The number of benzene rings is 1. The minimum absolute atomic E-state index is 0.00352. The minimum atomic E-state index is -0.463. The van der Waals surface area contributed by atoms with Gasteiger partial charge in [0.2, 0.25) is 11.8 Å². The van der Waals surface area contributed by atoms with Gasteiger partial charge in [0.1, 0.15) is 24.1 Å². The van der Waals surface area contributed by atoms with E-state index < -0.39 is 6.04 Å². The normalized spacial score (nSPS) is 21.5. The van der Waals surface area contributed by atoms with E-state index in [0.717, 1.165) is 41.5 Å². The van der Waals surface area contributed by atoms with Crippen molar-refractivity contribution in [2.24, 2.45) is 5.41 Å². The lowest BCUT2D eigenvalue weighted by molar-refractivity contribution is -0.140. The largest absolute Gasteiger partial charge is 0.354 e. The Balaban J connectivity index is 1.37. The molecule has 3 aromatic rings. The van der Waals surface area contributed by atoms with Crippen LogP contribution in [0.4, 0.5) is 0 Å². The molecule has 5 rings (SSSR count). The molecule has 1 aliphatic heterocycles. The summed E-state index contributed by atoms with van der Waals surface area (Å²) in [6, 6.07) is 3.54. The van der Waals surface area contributed by atoms with Crippen LogP contribution in [0.5, 0.6) is 0 Å². The first-order valence-corrected chi connectivity index (χ1v) is 14.5. The van der Waals surface area contributed by atoms with E-state index in [-0.39, 0.29) is 35.6 Å². The maximum atomic E-state index is 13.8. The summed E-state index contributed by atoms with van der Waals surface area (Å²) in [4.78, 5) is 50.0. The van der Waals surface area contributed by atoms with Gasteiger partial charge in [-0.2, -0.15) is 5.10 Å². The molecule has 0 bridgehead atoms. The number of fused-ring (bicyclic) bond motifs is 2. The zero-order valence-electron chi connectivity index (χ0n) is 24.3. The average molecular weight is 545 g/mol. The number of carbonyl (C=O) groups excluding carboxylic acids is 3. The van der Waals surface area contributed by atoms with Crippen molar-refractivity contribution in [1.29, 1.82) is 0 Å². The maximum Gasteiger partial charge on any atom is 0.245 e. The number of amides is 2. The van der Waals surface area contributed by atoms with Gasteiger partial charge in [-0.3, -0.25) is 19.1 Å². The quantitative estimate of drug-likeness (QED) is 0.275. The second kappa shape index (κ2) is 11.1. The van der Waals surface area contributed by atoms with Crippen LogP contribution in [0.15, 0.2) is 24.5 Å². The summed E-state index contributed by atoms with van der Waals surface area (Å²) < 4.78 is 1.64. The van der Waals surface area contributed by atoms with E-state index in [0.29, 0.717) is 29.9 Å². The first-order chi connectivity index (χ1) is 19.1. The van der Waals surface area contributed by atoms with Crippen LogP contribution in [0.1, 0.15) is 87.6 Å². The number of likely N-dealkylation sites (tertiary alicyclic amines) is 1. The van der Waals surface area contributed by atoms with Crippen LogP contribution in [0.25, 0.3) is 22.0 Å². The summed E-state index contributed by atoms with van der Waals surface area (Å²) in [5.41, 5.74) is 3.71. The Morgan fingerprint density at radius 2 is 1.75 bits per heavy atom. The fourth-order valence-corrected chi connectivity index (χ4v) is 6.24. The third-order valence-electron chi connectivity index (χ3n) is 8.57. The zero-order valence-corrected chi connectivity index (χ0v) is 24.3. The molecule has 2 aliphatic rings. The molecular weight excluding hydrogens is 504 g/mol. The summed E-state index contributed by atoms with van der Waals surface area (Å²) in [6.07, 6.45) is 10.8. The van der Waals surface area contributed by atoms with Crippen LogP contribution in [0.2, 0.25) is 0 Å². The van der Waals surface area contributed by atoms with E-state index in [4.69, 9.17) is 0 Å². The molecule has 0 radical (unpaired) electrons. The van der Waals surface area contributed by atoms with Crippen LogP contribution in [0, 0.1) is 19.3 Å². The van der Waals surface area contributed by atoms with Crippen molar-refractivity contribution in [1.82, 2.24) is 30.0 Å². The topological polar surface area (TPSA) is 110 Å². The van der Waals surface area contributed by atoms with Crippen LogP contribution in [-0.4, -0.2) is 60.9 Å². The van der Waals surface area contributed by atoms with Gasteiger partial charge >= 0.3 is 0 Å². The van der Waals surface area contributed by atoms with E-state index >= 15 is 0 Å². The molecule has 212 valence electrons. The number of piperidine rings is 1. The van der Waals surface area contributed by atoms with Crippen molar-refractivity contribution in [3.05, 3.63) is 41.6 Å². The van der Waals surface area contributed by atoms with Crippen LogP contribution < -0.4 is 5.32 Å². The lowest BCUT2D eigenvalue weighted by Gasteiger charge is -2.27. The third-order valence-corrected chi connectivity index (χ3v) is 8.57. The van der Waals surface area contributed by atoms with Crippen LogP contribution in [-0.2, 0) is 16.1 Å². The van der Waals surface area contributed by atoms with E-state index in [9.17, 15) is 14.4 Å². The lowest BCUT2D eigenvalue weighted by Crippen LogP contribution is -2.49. The number of aryl methyl sites for hydroxylation is 2. The standard InChI is InChI=1S/C31H40N6O3/c1-6-7-8-9-10-11-32-30(40)25-14-31(5)15-26(31)37(25)27(39)18-36-29-19(2)12-22(23-16-33-21(4)34-17-23)13-24(29)28(35-36)20(3)38/h12-13,16-17,25-26H,6-11,14-15,18H2,1-5H3,(H,32,40)/t25-,26+,31-/m0/s1. The maximum absolute atomic E-state index is 13.8. The summed E-state index contributed by atoms with van der Waals surface area (Å²) in [5.74, 6) is 0.322. The summed E-state index contributed by atoms with van der Waals surface area (Å²) in [5, 5.41) is 8.39. The summed E-state index contributed by atoms with van der Waals surface area (Å²) in [7, 11) is 0. The number of unbranched alkanes of at least 4 members (excludes halogenated alkanes) is 4. The molecule has 0 unspecified atom stereocenters. The molecule has 40 heavy (non-hydrogen) atoms. The molecule has 1 aliphatic carbocycles. The SMILES string of the molecule is CCCCCCCNC(=O)[C@@H]1C[C@@]2(C)C[C@H]2N1C(=O)Cn1nc(C(C)=O)c2cc(-c3cnc(C)nc3)cc(C)c21. The Morgan fingerprint density at radius 1 is 1.02 bits per heavy atom. The second-order valence-corrected chi connectivity index (χ2v) is 11.9. The summed E-state index contributed by atoms with van der Waals surface area (Å²) in [6.45, 7) is 10.2. The van der Waals surface area contributed by atoms with Gasteiger partial charge in [-0.25, -0.2) is 9.97 Å². The highest BCUT2D eigenvalue weighted by atomic mass is 16.2. The molecule has 9 nitrogen and oxygen atoms in total. The fourth-order valence-electron chi connectivity index (χ4n) is 6.24. The smallest absolute Gasteiger partial charge is 0.245 e. The van der Waals surface area contributed by atoms with Crippen molar-refractivity contribution >= 4 is 28.5 Å². The molecule has 1 N–H and O–H groups in total. The summed E-state index contributed by atoms with van der Waals surface area (Å²) >= 11 is 0. The Labute approximate surface area is 235 Å². The highest BCUT2D eigenvalue weighted by Crippen LogP contribution is 2.59. The first-order valence-electron chi connectivity index (χ1n) is 14.5. The van der Waals surface area contributed by atoms with Gasteiger partial charge in [0, 0.05) is 42.9 Å². The van der Waals surface area contributed by atoms with Gasteiger partial charge in [0.25, 0.3) is 0 Å². The number of hydrogen-bond acceptors (Lipinski definition) is 6. The lowest BCUT2D eigenvalue weighted by atomic mass is 10.0. The van der Waals surface area contributed by atoms with Gasteiger partial charge in [-0.05, 0) is 61.8 Å². The highest BCUT2D eigenvalue weighted by Gasteiger charge is 2.64. The number of rotatable bonds is 11. The van der Waals surface area contributed by atoms with Gasteiger partial charge in [-0.1, -0.05) is 39.5 Å². The number of ketones is 1. The molecule has 9 heteroatoms. The molecular formula is C31H40N6O3. The number of Topliss-reactive ketones (excluding diaryl/α,β-unsaturated/α-hetero) is 1. The van der Waals surface area contributed by atoms with E-state index in [1.165, 1.54) is 26.2 Å². The molecule has 2 fully saturated rings. The number of hydrogen-bond donors (Lipinski definition) is 1.